The number of para-hydroxylation sites is 1. The molecule has 3 aromatic carbocycles. The Labute approximate surface area is 176 Å². The summed E-state index contributed by atoms with van der Waals surface area (Å²) in [6.45, 7) is -0.274. The standard InChI is InChI=1S/C22H17N3O6/c26-21(16-10-12-17(13-11-16)25(29)30)23-19-9-5-4-8-18(19)22(27)31-14-20(24-28)15-6-2-1-3-7-15/h1-13,28H,14H2,(H,23,26). The van der Waals surface area contributed by atoms with Crippen molar-refractivity contribution in [1.29, 1.82) is 0 Å². The molecule has 31 heavy (non-hydrogen) atoms. The Morgan fingerprint density at radius 1 is 0.935 bits per heavy atom. The molecule has 0 fully saturated rings. The first-order valence-electron chi connectivity index (χ1n) is 9.08. The van der Waals surface area contributed by atoms with Crippen LogP contribution in [0.15, 0.2) is 84.0 Å². The molecule has 1 amide bonds. The molecule has 0 saturated heterocycles. The maximum Gasteiger partial charge on any atom is 0.340 e. The smallest absolute Gasteiger partial charge is 0.340 e. The van der Waals surface area contributed by atoms with E-state index in [1.54, 1.807) is 42.5 Å². The first-order valence-corrected chi connectivity index (χ1v) is 9.08. The number of nitrogens with one attached hydrogen (secondary N) is 1. The number of carbonyl (C=O) groups is 2. The summed E-state index contributed by atoms with van der Waals surface area (Å²) in [5, 5.41) is 25.7. The Bertz CT molecular complexity index is 1130. The Morgan fingerprint density at radius 3 is 2.23 bits per heavy atom. The molecule has 0 bridgehead atoms. The monoisotopic (exact) mass is 419 g/mol. The van der Waals surface area contributed by atoms with Gasteiger partial charge < -0.3 is 15.3 Å². The minimum atomic E-state index is -0.725. The Morgan fingerprint density at radius 2 is 1.58 bits per heavy atom. The van der Waals surface area contributed by atoms with E-state index in [0.29, 0.717) is 5.56 Å². The van der Waals surface area contributed by atoms with Crippen molar-refractivity contribution in [3.05, 3.63) is 106 Å². The molecule has 9 nitrogen and oxygen atoms in total. The molecule has 0 aliphatic carbocycles. The van der Waals surface area contributed by atoms with Crippen LogP contribution in [-0.2, 0) is 4.74 Å². The van der Waals surface area contributed by atoms with Crippen molar-refractivity contribution in [1.82, 2.24) is 0 Å². The van der Waals surface area contributed by atoms with Crippen LogP contribution in [0, 0.1) is 10.1 Å². The molecule has 156 valence electrons. The quantitative estimate of drug-likeness (QED) is 0.196. The summed E-state index contributed by atoms with van der Waals surface area (Å²) in [5.74, 6) is -1.27. The molecule has 3 rings (SSSR count). The first kappa shape index (κ1) is 21.2. The second-order valence-corrected chi connectivity index (χ2v) is 6.29. The molecular formula is C22H17N3O6. The van der Waals surface area contributed by atoms with Crippen LogP contribution >= 0.6 is 0 Å². The summed E-state index contributed by atoms with van der Waals surface area (Å²) < 4.78 is 5.25. The predicted molar refractivity (Wildman–Crippen MR) is 113 cm³/mol. The third kappa shape index (κ3) is 5.30. The van der Waals surface area contributed by atoms with E-state index < -0.39 is 16.8 Å². The zero-order valence-corrected chi connectivity index (χ0v) is 16.1. The van der Waals surface area contributed by atoms with E-state index in [0.717, 1.165) is 0 Å². The number of anilines is 1. The molecule has 0 saturated carbocycles. The summed E-state index contributed by atoms with van der Waals surface area (Å²) in [4.78, 5) is 35.2. The van der Waals surface area contributed by atoms with Gasteiger partial charge in [0.25, 0.3) is 11.6 Å². The van der Waals surface area contributed by atoms with Gasteiger partial charge in [-0.1, -0.05) is 47.6 Å². The molecule has 3 aromatic rings. The van der Waals surface area contributed by atoms with Crippen molar-refractivity contribution in [2.24, 2.45) is 5.16 Å². The number of nitro groups is 1. The fourth-order valence-electron chi connectivity index (χ4n) is 2.71. The van der Waals surface area contributed by atoms with Crippen molar-refractivity contribution in [3.63, 3.8) is 0 Å². The molecule has 0 aliphatic rings. The van der Waals surface area contributed by atoms with Crippen LogP contribution in [0.2, 0.25) is 0 Å². The van der Waals surface area contributed by atoms with E-state index in [4.69, 9.17) is 4.74 Å². The highest BCUT2D eigenvalue weighted by atomic mass is 16.6. The zero-order chi connectivity index (χ0) is 22.2. The van der Waals surface area contributed by atoms with E-state index >= 15 is 0 Å². The van der Waals surface area contributed by atoms with Crippen LogP contribution in [0.4, 0.5) is 11.4 Å². The Kier molecular flexibility index (Phi) is 6.69. The molecular weight excluding hydrogens is 402 g/mol. The summed E-state index contributed by atoms with van der Waals surface area (Å²) in [7, 11) is 0. The molecule has 2 N–H and O–H groups in total. The number of carbonyl (C=O) groups excluding carboxylic acids is 2. The second-order valence-electron chi connectivity index (χ2n) is 6.29. The van der Waals surface area contributed by atoms with Gasteiger partial charge in [0.15, 0.2) is 0 Å². The second kappa shape index (κ2) is 9.79. The van der Waals surface area contributed by atoms with E-state index in [1.165, 1.54) is 36.4 Å². The number of amides is 1. The van der Waals surface area contributed by atoms with Gasteiger partial charge in [0.1, 0.15) is 12.3 Å². The third-order valence-corrected chi connectivity index (χ3v) is 4.30. The molecule has 0 aliphatic heterocycles. The average molecular weight is 419 g/mol. The highest BCUT2D eigenvalue weighted by molar-refractivity contribution is 6.08. The number of nitro benzene ring substituents is 1. The number of benzene rings is 3. The van der Waals surface area contributed by atoms with E-state index in [9.17, 15) is 24.9 Å². The van der Waals surface area contributed by atoms with Crippen molar-refractivity contribution in [2.45, 2.75) is 0 Å². The molecule has 0 atom stereocenters. The molecule has 0 radical (unpaired) electrons. The van der Waals surface area contributed by atoms with Gasteiger partial charge in [0.05, 0.1) is 16.2 Å². The van der Waals surface area contributed by atoms with Crippen LogP contribution in [0.5, 0.6) is 0 Å². The SMILES string of the molecule is O=C(Nc1ccccc1C(=O)OCC(=NO)c1ccccc1)c1ccc([N+](=O)[O-])cc1. The number of hydrogen-bond acceptors (Lipinski definition) is 7. The van der Waals surface area contributed by atoms with Crippen molar-refractivity contribution in [3.8, 4) is 0 Å². The lowest BCUT2D eigenvalue weighted by Crippen LogP contribution is -2.18. The van der Waals surface area contributed by atoms with Gasteiger partial charge in [0.2, 0.25) is 0 Å². The molecule has 0 heterocycles. The normalized spacial score (nSPS) is 10.9. The van der Waals surface area contributed by atoms with E-state index in [-0.39, 0.29) is 34.8 Å². The van der Waals surface area contributed by atoms with E-state index in [1.807, 2.05) is 0 Å². The number of ether oxygens (including phenoxy) is 1. The average Bonchev–Trinajstić information content (AvgIpc) is 2.80. The lowest BCUT2D eigenvalue weighted by molar-refractivity contribution is -0.384. The number of oxime groups is 1. The Hall–Kier alpha value is -4.53. The van der Waals surface area contributed by atoms with Crippen LogP contribution in [0.3, 0.4) is 0 Å². The van der Waals surface area contributed by atoms with Crippen molar-refractivity contribution in [2.75, 3.05) is 11.9 Å². The van der Waals surface area contributed by atoms with E-state index in [2.05, 4.69) is 10.5 Å². The highest BCUT2D eigenvalue weighted by Crippen LogP contribution is 2.19. The lowest BCUT2D eigenvalue weighted by Gasteiger charge is -2.11. The van der Waals surface area contributed by atoms with Gasteiger partial charge >= 0.3 is 5.97 Å². The fourth-order valence-corrected chi connectivity index (χ4v) is 2.71. The number of esters is 1. The van der Waals surface area contributed by atoms with Gasteiger partial charge in [-0.25, -0.2) is 4.79 Å². The number of nitrogens with zero attached hydrogens (tertiary/aromatic N) is 2. The number of non-ortho nitro benzene ring substituents is 1. The minimum Gasteiger partial charge on any atom is -0.455 e. The first-order chi connectivity index (χ1) is 15.0. The summed E-state index contributed by atoms with van der Waals surface area (Å²) in [6, 6.07) is 20.0. The number of rotatable bonds is 7. The molecule has 0 spiro atoms. The summed E-state index contributed by atoms with van der Waals surface area (Å²) >= 11 is 0. The van der Waals surface area contributed by atoms with Gasteiger partial charge in [0, 0.05) is 23.3 Å². The van der Waals surface area contributed by atoms with Crippen LogP contribution in [-0.4, -0.2) is 34.3 Å². The molecule has 9 heteroatoms. The topological polar surface area (TPSA) is 131 Å². The predicted octanol–water partition coefficient (Wildman–Crippen LogP) is 3.88. The minimum absolute atomic E-state index is 0.100. The summed E-state index contributed by atoms with van der Waals surface area (Å²) in [6.07, 6.45) is 0. The van der Waals surface area contributed by atoms with Crippen LogP contribution in [0.1, 0.15) is 26.3 Å². The fraction of sp³-hybridized carbons (Fsp3) is 0.0455. The maximum atomic E-state index is 12.6. The highest BCUT2D eigenvalue weighted by Gasteiger charge is 2.17. The lowest BCUT2D eigenvalue weighted by atomic mass is 10.1. The molecule has 0 aromatic heterocycles. The van der Waals surface area contributed by atoms with Crippen LogP contribution in [0.25, 0.3) is 0 Å². The Balaban J connectivity index is 1.71. The number of hydrogen-bond donors (Lipinski definition) is 2. The van der Waals surface area contributed by atoms with Gasteiger partial charge in [-0.05, 0) is 24.3 Å². The van der Waals surface area contributed by atoms with Gasteiger partial charge in [-0.15, -0.1) is 0 Å². The van der Waals surface area contributed by atoms with Gasteiger partial charge in [-0.3, -0.25) is 14.9 Å². The van der Waals surface area contributed by atoms with Crippen molar-refractivity contribution < 1.29 is 24.5 Å². The van der Waals surface area contributed by atoms with Crippen LogP contribution < -0.4 is 5.32 Å². The zero-order valence-electron chi connectivity index (χ0n) is 16.1. The molecule has 0 unspecified atom stereocenters. The maximum absolute atomic E-state index is 12.6. The third-order valence-electron chi connectivity index (χ3n) is 4.30. The summed E-state index contributed by atoms with van der Waals surface area (Å²) in [5.41, 5.74) is 1.12. The largest absolute Gasteiger partial charge is 0.455 e. The van der Waals surface area contributed by atoms with Crippen molar-refractivity contribution >= 4 is 29.0 Å². The van der Waals surface area contributed by atoms with Gasteiger partial charge in [-0.2, -0.15) is 0 Å².